The maximum absolute atomic E-state index is 12.9. The number of carbonyl (C=O) groups is 5. The van der Waals surface area contributed by atoms with Gasteiger partial charge in [0.15, 0.2) is 43.7 Å². The van der Waals surface area contributed by atoms with Crippen LogP contribution in [0.3, 0.4) is 0 Å². The first-order valence-corrected chi connectivity index (χ1v) is 26.6. The van der Waals surface area contributed by atoms with Crippen molar-refractivity contribution in [3.63, 3.8) is 0 Å². The van der Waals surface area contributed by atoms with E-state index in [1.165, 1.54) is 0 Å². The van der Waals surface area contributed by atoms with Gasteiger partial charge >= 0.3 is 43.1 Å². The Morgan fingerprint density at radius 3 is 1.09 bits per heavy atom. The van der Waals surface area contributed by atoms with Crippen molar-refractivity contribution in [3.05, 3.63) is 0 Å². The van der Waals surface area contributed by atoms with Crippen LogP contribution in [0.4, 0.5) is 0 Å². The summed E-state index contributed by atoms with van der Waals surface area (Å²) >= 11 is 0. The number of aliphatic hydroxyl groups excluding tert-OH is 9. The van der Waals surface area contributed by atoms with Crippen LogP contribution in [0.1, 0.15) is 20.8 Å². The van der Waals surface area contributed by atoms with E-state index in [1.807, 2.05) is 0 Å². The van der Waals surface area contributed by atoms with Gasteiger partial charge in [-0.1, -0.05) is 0 Å². The largest absolute Gasteiger partial charge is 0.479 e. The molecule has 43 heteroatoms. The molecule has 5 aliphatic heterocycles. The molecule has 2 unspecified atom stereocenters. The first-order valence-electron chi connectivity index (χ1n) is 22.5. The van der Waals surface area contributed by atoms with Gasteiger partial charge in [-0.05, 0) is 0 Å². The number of hydrogen-bond donors (Lipinski definition) is 17. The molecule has 79 heavy (non-hydrogen) atoms. The number of hydrogen-bond acceptors (Lipinski definition) is 32. The molecule has 0 aromatic heterocycles. The van der Waals surface area contributed by atoms with Crippen molar-refractivity contribution < 1.29 is 174 Å². The second-order valence-corrected chi connectivity index (χ2v) is 20.9. The predicted octanol–water partition coefficient (Wildman–Crippen LogP) is -11.8. The molecule has 0 aliphatic carbocycles. The average Bonchev–Trinajstić information content (AvgIpc) is 3.32. The number of aliphatic hydroxyl groups is 9. The molecule has 3 amide bonds. The third kappa shape index (κ3) is 16.5. The normalized spacial score (nSPS) is 41.4. The summed E-state index contributed by atoms with van der Waals surface area (Å²) in [6.07, 6.45) is -53.3. The van der Waals surface area contributed by atoms with Gasteiger partial charge in [0.25, 0.3) is 0 Å². The highest BCUT2D eigenvalue weighted by Gasteiger charge is 2.60. The monoisotopic (exact) mass is 1220 g/mol. The molecule has 17 N–H and O–H groups in total. The quantitative estimate of drug-likeness (QED) is 0.0448. The van der Waals surface area contributed by atoms with Crippen LogP contribution in [0.5, 0.6) is 0 Å². The Morgan fingerprint density at radius 2 is 0.722 bits per heavy atom. The topological polar surface area (TPSA) is 618 Å². The molecule has 456 valence electrons. The van der Waals surface area contributed by atoms with Gasteiger partial charge in [-0.2, -0.15) is 25.3 Å². The second kappa shape index (κ2) is 26.7. The Bertz CT molecular complexity index is 2500. The minimum atomic E-state index is -5.77. The van der Waals surface area contributed by atoms with E-state index in [0.29, 0.717) is 0 Å². The van der Waals surface area contributed by atoms with Crippen molar-refractivity contribution in [3.8, 4) is 0 Å². The molecule has 5 rings (SSSR count). The molecule has 5 heterocycles. The highest BCUT2D eigenvalue weighted by Crippen LogP contribution is 2.38. The molecule has 5 fully saturated rings. The maximum atomic E-state index is 12.9. The standard InChI is InChI=1S/C36H57N3O37S3/c1-7(43)37-13-16(46)21(74-77(56,57)58)10(4-40)66-33(13)70-26-17(47)20(50)36(73-28(26)30(51)52)69-25-15(39-9(3)45)34(67-12(6-42)23(25)76-79(62,63)64)71-27-18(48)19(49)35(72-29(27)31(53)54)68-24-14(38-8(2)44)32(55)65-11(5-41)22(24)75-78(59,60)61/h10-29,32-36,40-42,46-50,55H,4-6H2,1-3H3,(H,37,43)(H,38,44)(H,39,45)(H,51,52)(H,53,54)(H,56,57,58)(H,59,60,61)(H,62,63,64)/t10-,11-,12-,13-,14-,15-,16?,17-,18-,19-,20-,21+,22+,23+,24-,25-,26+,27+,28+,29+,32?,33+,34+,35+,36+/m1/s1. The van der Waals surface area contributed by atoms with Crippen LogP contribution in [-0.4, -0.2) is 298 Å². The van der Waals surface area contributed by atoms with Crippen LogP contribution in [0.25, 0.3) is 0 Å². The third-order valence-electron chi connectivity index (χ3n) is 12.1. The minimum absolute atomic E-state index is 0.756. The number of carbonyl (C=O) groups excluding carboxylic acids is 3. The Balaban J connectivity index is 1.50. The Morgan fingerprint density at radius 1 is 0.405 bits per heavy atom. The van der Waals surface area contributed by atoms with E-state index < -0.39 is 234 Å². The molecule has 0 bridgehead atoms. The Hall–Kier alpha value is -3.76. The van der Waals surface area contributed by atoms with E-state index in [4.69, 9.17) is 46.8 Å². The summed E-state index contributed by atoms with van der Waals surface area (Å²) in [4.78, 5) is 62.8. The molecular formula is C36H57N3O37S3. The molecule has 5 aliphatic rings. The highest BCUT2D eigenvalue weighted by atomic mass is 32.3. The molecular weight excluding hydrogens is 1160 g/mol. The number of ether oxygens (including phenoxy) is 9. The predicted molar refractivity (Wildman–Crippen MR) is 234 cm³/mol. The van der Waals surface area contributed by atoms with Crippen LogP contribution in [0, 0.1) is 0 Å². The van der Waals surface area contributed by atoms with Crippen LogP contribution in [0.2, 0.25) is 0 Å². The maximum Gasteiger partial charge on any atom is 0.397 e. The lowest BCUT2D eigenvalue weighted by atomic mass is 9.93. The van der Waals surface area contributed by atoms with Gasteiger partial charge < -0.3 is 115 Å². The summed E-state index contributed by atoms with van der Waals surface area (Å²) < 4.78 is 163. The zero-order chi connectivity index (χ0) is 59.5. The van der Waals surface area contributed by atoms with Crippen LogP contribution in [-0.2, 0) is 110 Å². The first kappa shape index (κ1) is 66.0. The second-order valence-electron chi connectivity index (χ2n) is 17.7. The fourth-order valence-corrected chi connectivity index (χ4v) is 10.4. The molecule has 0 radical (unpaired) electrons. The number of carboxylic acid groups (broad SMARTS) is 2. The number of carboxylic acids is 2. The molecule has 5 saturated heterocycles. The zero-order valence-corrected chi connectivity index (χ0v) is 42.9. The van der Waals surface area contributed by atoms with Gasteiger partial charge in [0.1, 0.15) is 110 Å². The van der Waals surface area contributed by atoms with Crippen molar-refractivity contribution in [1.29, 1.82) is 0 Å². The smallest absolute Gasteiger partial charge is 0.397 e. The van der Waals surface area contributed by atoms with Crippen molar-refractivity contribution in [1.82, 2.24) is 16.0 Å². The van der Waals surface area contributed by atoms with E-state index in [-0.39, 0.29) is 0 Å². The summed E-state index contributed by atoms with van der Waals surface area (Å²) in [5.74, 6) is -7.42. The molecule has 0 aromatic rings. The molecule has 0 spiro atoms. The van der Waals surface area contributed by atoms with E-state index in [2.05, 4.69) is 24.3 Å². The fourth-order valence-electron chi connectivity index (χ4n) is 8.90. The Labute approximate surface area is 444 Å². The average molecular weight is 1220 g/mol. The summed E-state index contributed by atoms with van der Waals surface area (Å²) in [5, 5.41) is 125. The molecule has 0 saturated carbocycles. The highest BCUT2D eigenvalue weighted by molar-refractivity contribution is 7.81. The minimum Gasteiger partial charge on any atom is -0.479 e. The number of nitrogens with one attached hydrogen (secondary N) is 3. The van der Waals surface area contributed by atoms with Crippen molar-refractivity contribution >= 4 is 60.9 Å². The lowest BCUT2D eigenvalue weighted by Gasteiger charge is -2.50. The number of aliphatic carboxylic acids is 2. The summed E-state index contributed by atoms with van der Waals surface area (Å²) in [7, 11) is -16.7. The van der Waals surface area contributed by atoms with Crippen LogP contribution >= 0.6 is 0 Å². The molecule has 40 nitrogen and oxygen atoms in total. The summed E-state index contributed by atoms with van der Waals surface area (Å²) in [6, 6.07) is -6.31. The molecule has 25 atom stereocenters. The van der Waals surface area contributed by atoms with Gasteiger partial charge in [0.2, 0.25) is 17.7 Å². The van der Waals surface area contributed by atoms with Crippen molar-refractivity contribution in [2.24, 2.45) is 0 Å². The third-order valence-corrected chi connectivity index (χ3v) is 13.5. The van der Waals surface area contributed by atoms with Crippen molar-refractivity contribution in [2.75, 3.05) is 19.8 Å². The lowest BCUT2D eigenvalue weighted by molar-refractivity contribution is -0.372. The summed E-state index contributed by atoms with van der Waals surface area (Å²) in [6.45, 7) is -1.41. The fraction of sp³-hybridized carbons (Fsp3) is 0.861. The first-order chi connectivity index (χ1) is 36.5. The zero-order valence-electron chi connectivity index (χ0n) is 40.4. The van der Waals surface area contributed by atoms with Crippen LogP contribution < -0.4 is 16.0 Å². The van der Waals surface area contributed by atoms with E-state index in [0.717, 1.165) is 20.8 Å². The van der Waals surface area contributed by atoms with E-state index in [9.17, 15) is 119 Å². The molecule has 0 aromatic carbocycles. The van der Waals surface area contributed by atoms with E-state index in [1.54, 1.807) is 0 Å². The van der Waals surface area contributed by atoms with Gasteiger partial charge in [-0.15, -0.1) is 0 Å². The summed E-state index contributed by atoms with van der Waals surface area (Å²) in [5.41, 5.74) is 0. The van der Waals surface area contributed by atoms with Gasteiger partial charge in [0, 0.05) is 20.8 Å². The van der Waals surface area contributed by atoms with Gasteiger partial charge in [-0.25, -0.2) is 22.1 Å². The SMILES string of the molecule is CC(=O)N[C@H]1[C@H](O[C@H]2[C@H](O)[C@@H](O)[C@@H](O[C@H]3[C@@H](OS(=O)(=O)O)[C@@H](CO)OC(O)[C@@H]3NC(C)=O)O[C@@H]2C(=O)O)O[C@H](CO)[C@H](OS(=O)(=O)O)[C@@H]1O[C@H]1O[C@H](C(=O)O)[C@@H](O[C@@H]2O[C@H](CO)[C@H](OS(=O)(=O)O)C(O)[C@H]2NC(C)=O)[C@H](O)[C@H]1O. The van der Waals surface area contributed by atoms with E-state index >= 15 is 0 Å². The number of rotatable bonds is 22. The van der Waals surface area contributed by atoms with Crippen LogP contribution in [0.15, 0.2) is 0 Å². The lowest BCUT2D eigenvalue weighted by Crippen LogP contribution is -2.71. The number of amides is 3. The van der Waals surface area contributed by atoms with Crippen molar-refractivity contribution in [2.45, 2.75) is 174 Å². The Kier molecular flexibility index (Phi) is 22.3. The van der Waals surface area contributed by atoms with Gasteiger partial charge in [0.05, 0.1) is 19.8 Å². The van der Waals surface area contributed by atoms with Gasteiger partial charge in [-0.3, -0.25) is 28.0 Å².